The number of rotatable bonds is 4. The molecule has 0 aliphatic carbocycles. The maximum absolute atomic E-state index is 12.7. The minimum Gasteiger partial charge on any atom is -0.375 e. The molecule has 2 N–H and O–H groups in total. The van der Waals surface area contributed by atoms with Gasteiger partial charge in [-0.2, -0.15) is 5.26 Å². The van der Waals surface area contributed by atoms with Gasteiger partial charge < -0.3 is 15.5 Å². The van der Waals surface area contributed by atoms with E-state index in [-0.39, 0.29) is 24.4 Å². The SMILES string of the molecule is Cc1c(-c2ccc(C#N)cc2)nnc(N2CCC(N(C)C(=O)c3cnc(N)s3)CC2)c1C.Cl. The maximum Gasteiger partial charge on any atom is 0.265 e. The predicted molar refractivity (Wildman–Crippen MR) is 133 cm³/mol. The lowest BCUT2D eigenvalue weighted by molar-refractivity contribution is 0.0713. The van der Waals surface area contributed by atoms with Crippen LogP contribution < -0.4 is 10.6 Å². The van der Waals surface area contributed by atoms with Gasteiger partial charge in [0.25, 0.3) is 5.91 Å². The van der Waals surface area contributed by atoms with Crippen molar-refractivity contribution < 1.29 is 4.79 Å². The molecule has 8 nitrogen and oxygen atoms in total. The van der Waals surface area contributed by atoms with E-state index < -0.39 is 0 Å². The van der Waals surface area contributed by atoms with Crippen molar-refractivity contribution in [2.24, 2.45) is 0 Å². The normalized spacial score (nSPS) is 13.8. The fraction of sp³-hybridized carbons (Fsp3) is 0.348. The first-order valence-corrected chi connectivity index (χ1v) is 11.3. The number of nitrogens with two attached hydrogens (primary N) is 1. The molecular formula is C23H26ClN7OS. The number of piperidine rings is 1. The van der Waals surface area contributed by atoms with Gasteiger partial charge in [-0.05, 0) is 49.9 Å². The number of carbonyl (C=O) groups is 1. The number of halogens is 1. The molecule has 0 radical (unpaired) electrons. The van der Waals surface area contributed by atoms with Gasteiger partial charge in [-0.25, -0.2) is 4.98 Å². The molecule has 10 heteroatoms. The van der Waals surface area contributed by atoms with E-state index in [1.807, 2.05) is 24.1 Å². The summed E-state index contributed by atoms with van der Waals surface area (Å²) in [6.45, 7) is 5.74. The van der Waals surface area contributed by atoms with Crippen molar-refractivity contribution in [1.82, 2.24) is 20.1 Å². The van der Waals surface area contributed by atoms with Crippen LogP contribution in [0, 0.1) is 25.2 Å². The second kappa shape index (κ2) is 10.1. The first-order valence-electron chi connectivity index (χ1n) is 10.5. The highest BCUT2D eigenvalue weighted by molar-refractivity contribution is 7.17. The molecule has 33 heavy (non-hydrogen) atoms. The number of nitrogens with zero attached hydrogens (tertiary/aromatic N) is 6. The number of aromatic nitrogens is 3. The Morgan fingerprint density at radius 3 is 2.42 bits per heavy atom. The van der Waals surface area contributed by atoms with E-state index in [1.54, 1.807) is 18.3 Å². The third kappa shape index (κ3) is 4.92. The van der Waals surface area contributed by atoms with Gasteiger partial charge in [-0.3, -0.25) is 4.79 Å². The monoisotopic (exact) mass is 483 g/mol. The Kier molecular flexibility index (Phi) is 7.51. The molecule has 3 heterocycles. The zero-order valence-electron chi connectivity index (χ0n) is 18.8. The summed E-state index contributed by atoms with van der Waals surface area (Å²) in [5.74, 6) is 0.860. The molecule has 0 atom stereocenters. The van der Waals surface area contributed by atoms with Crippen LogP contribution in [0.2, 0.25) is 0 Å². The number of nitriles is 1. The Labute approximate surface area is 203 Å². The summed E-state index contributed by atoms with van der Waals surface area (Å²) in [5.41, 5.74) is 10.3. The summed E-state index contributed by atoms with van der Waals surface area (Å²) >= 11 is 1.22. The van der Waals surface area contributed by atoms with E-state index in [4.69, 9.17) is 11.0 Å². The number of nitrogen functional groups attached to an aromatic ring is 1. The Hall–Kier alpha value is -3.22. The van der Waals surface area contributed by atoms with Crippen molar-refractivity contribution in [3.63, 3.8) is 0 Å². The Morgan fingerprint density at radius 2 is 1.85 bits per heavy atom. The van der Waals surface area contributed by atoms with Crippen molar-refractivity contribution in [2.75, 3.05) is 30.8 Å². The lowest BCUT2D eigenvalue weighted by Gasteiger charge is -2.37. The summed E-state index contributed by atoms with van der Waals surface area (Å²) in [4.78, 5) is 21.3. The Balaban J connectivity index is 0.00000306. The number of carbonyl (C=O) groups excluding carboxylic acids is 1. The van der Waals surface area contributed by atoms with Crippen molar-refractivity contribution in [3.8, 4) is 17.3 Å². The van der Waals surface area contributed by atoms with Crippen LogP contribution in [0.25, 0.3) is 11.3 Å². The number of amides is 1. The minimum absolute atomic E-state index is 0. The zero-order chi connectivity index (χ0) is 22.8. The molecular weight excluding hydrogens is 458 g/mol. The van der Waals surface area contributed by atoms with E-state index in [2.05, 4.69) is 40.0 Å². The minimum atomic E-state index is -0.0313. The van der Waals surface area contributed by atoms with Crippen molar-refractivity contribution >= 4 is 40.6 Å². The molecule has 4 rings (SSSR count). The zero-order valence-corrected chi connectivity index (χ0v) is 20.4. The smallest absolute Gasteiger partial charge is 0.265 e. The molecule has 0 spiro atoms. The van der Waals surface area contributed by atoms with E-state index in [9.17, 15) is 4.79 Å². The summed E-state index contributed by atoms with van der Waals surface area (Å²) < 4.78 is 0. The number of benzene rings is 1. The Bertz CT molecular complexity index is 1180. The first kappa shape index (κ1) is 24.4. The summed E-state index contributed by atoms with van der Waals surface area (Å²) in [6.07, 6.45) is 3.26. The van der Waals surface area contributed by atoms with Crippen LogP contribution in [0.1, 0.15) is 39.2 Å². The van der Waals surface area contributed by atoms with E-state index in [0.29, 0.717) is 15.6 Å². The van der Waals surface area contributed by atoms with Crippen LogP contribution in [0.15, 0.2) is 30.5 Å². The number of thiazole rings is 1. The van der Waals surface area contributed by atoms with Crippen molar-refractivity contribution in [3.05, 3.63) is 52.0 Å². The molecule has 1 fully saturated rings. The van der Waals surface area contributed by atoms with Crippen LogP contribution in [-0.2, 0) is 0 Å². The van der Waals surface area contributed by atoms with E-state index in [1.165, 1.54) is 11.3 Å². The predicted octanol–water partition coefficient (Wildman–Crippen LogP) is 3.83. The van der Waals surface area contributed by atoms with Gasteiger partial charge in [0, 0.05) is 31.7 Å². The molecule has 1 saturated heterocycles. The van der Waals surface area contributed by atoms with Crippen LogP contribution in [0.5, 0.6) is 0 Å². The molecule has 0 bridgehead atoms. The number of hydrogen-bond donors (Lipinski definition) is 1. The van der Waals surface area contributed by atoms with Gasteiger partial charge in [0.05, 0.1) is 23.5 Å². The molecule has 3 aromatic rings. The molecule has 0 unspecified atom stereocenters. The maximum atomic E-state index is 12.7. The topological polar surface area (TPSA) is 112 Å². The highest BCUT2D eigenvalue weighted by Gasteiger charge is 2.28. The summed E-state index contributed by atoms with van der Waals surface area (Å²) in [6, 6.07) is 9.70. The largest absolute Gasteiger partial charge is 0.375 e. The second-order valence-corrected chi connectivity index (χ2v) is 9.07. The molecule has 2 aromatic heterocycles. The average Bonchev–Trinajstić information content (AvgIpc) is 3.26. The highest BCUT2D eigenvalue weighted by atomic mass is 35.5. The van der Waals surface area contributed by atoms with Crippen LogP contribution in [-0.4, -0.2) is 52.2 Å². The molecule has 0 saturated carbocycles. The second-order valence-electron chi connectivity index (χ2n) is 8.01. The van der Waals surface area contributed by atoms with E-state index >= 15 is 0 Å². The molecule has 1 aliphatic rings. The third-order valence-electron chi connectivity index (χ3n) is 6.15. The van der Waals surface area contributed by atoms with Gasteiger partial charge in [0.15, 0.2) is 10.9 Å². The fourth-order valence-corrected chi connectivity index (χ4v) is 4.73. The van der Waals surface area contributed by atoms with Crippen LogP contribution in [0.3, 0.4) is 0 Å². The number of hydrogen-bond acceptors (Lipinski definition) is 8. The van der Waals surface area contributed by atoms with Gasteiger partial charge in [0.1, 0.15) is 4.88 Å². The highest BCUT2D eigenvalue weighted by Crippen LogP contribution is 2.30. The molecule has 1 aliphatic heterocycles. The Morgan fingerprint density at radius 1 is 1.18 bits per heavy atom. The van der Waals surface area contributed by atoms with E-state index in [0.717, 1.165) is 54.1 Å². The lowest BCUT2D eigenvalue weighted by atomic mass is 10.0. The molecule has 172 valence electrons. The third-order valence-corrected chi connectivity index (χ3v) is 6.97. The van der Waals surface area contributed by atoms with Crippen molar-refractivity contribution in [1.29, 1.82) is 5.26 Å². The lowest BCUT2D eigenvalue weighted by Crippen LogP contribution is -2.46. The van der Waals surface area contributed by atoms with Crippen LogP contribution >= 0.6 is 23.7 Å². The first-order chi connectivity index (χ1) is 15.4. The fourth-order valence-electron chi connectivity index (χ4n) is 4.06. The summed E-state index contributed by atoms with van der Waals surface area (Å²) in [5, 5.41) is 18.5. The molecule has 1 amide bonds. The van der Waals surface area contributed by atoms with Gasteiger partial charge >= 0.3 is 0 Å². The van der Waals surface area contributed by atoms with Gasteiger partial charge in [0.2, 0.25) is 0 Å². The van der Waals surface area contributed by atoms with Crippen LogP contribution in [0.4, 0.5) is 10.9 Å². The quantitative estimate of drug-likeness (QED) is 0.599. The summed E-state index contributed by atoms with van der Waals surface area (Å²) in [7, 11) is 1.85. The van der Waals surface area contributed by atoms with Gasteiger partial charge in [-0.1, -0.05) is 23.5 Å². The number of anilines is 2. The van der Waals surface area contributed by atoms with Crippen molar-refractivity contribution in [2.45, 2.75) is 32.7 Å². The average molecular weight is 484 g/mol. The molecule has 1 aromatic carbocycles. The standard InChI is InChI=1S/C23H25N7OS.ClH/c1-14-15(2)21(28-27-20(14)17-6-4-16(12-24)5-7-17)30-10-8-18(9-11-30)29(3)22(31)19-13-26-23(25)32-19;/h4-7,13,18H,8-11H2,1-3H3,(H2,25,26);1H. The van der Waals surface area contributed by atoms with Gasteiger partial charge in [-0.15, -0.1) is 22.6 Å².